The summed E-state index contributed by atoms with van der Waals surface area (Å²) >= 11 is 0. The Kier molecular flexibility index (Phi) is 5.18. The standard InChI is InChI=1S/C26H33NO4/c1-16-5-6-21(17(2)8-16)23(28)15-31-24(29)22-4-3-7-27(22)25(30)26-12-18-9-19(13-26)11-20(10-18)14-26/h5-6,8,18-20,22H,3-4,7,9-15H2,1-2H3/t18?,19?,20?,22-,26?/m0/s1. The molecule has 1 aromatic carbocycles. The molecule has 0 spiro atoms. The van der Waals surface area contributed by atoms with Gasteiger partial charge in [0, 0.05) is 12.1 Å². The smallest absolute Gasteiger partial charge is 0.329 e. The summed E-state index contributed by atoms with van der Waals surface area (Å²) < 4.78 is 5.44. The van der Waals surface area contributed by atoms with E-state index in [2.05, 4.69) is 0 Å². The molecule has 0 aromatic heterocycles. The van der Waals surface area contributed by atoms with E-state index < -0.39 is 12.0 Å². The highest BCUT2D eigenvalue weighted by Gasteiger charge is 2.57. The number of ether oxygens (including phenoxy) is 1. The van der Waals surface area contributed by atoms with Crippen molar-refractivity contribution in [2.75, 3.05) is 13.2 Å². The number of carbonyl (C=O) groups is 3. The second-order valence-electron chi connectivity index (χ2n) is 10.7. The summed E-state index contributed by atoms with van der Waals surface area (Å²) in [6.45, 7) is 4.24. The number of hydrogen-bond donors (Lipinski definition) is 0. The lowest BCUT2D eigenvalue weighted by atomic mass is 9.49. The summed E-state index contributed by atoms with van der Waals surface area (Å²) in [5.41, 5.74) is 2.33. The van der Waals surface area contributed by atoms with E-state index in [1.165, 1.54) is 19.3 Å². The van der Waals surface area contributed by atoms with Gasteiger partial charge in [0.05, 0.1) is 5.41 Å². The van der Waals surface area contributed by atoms with Gasteiger partial charge in [0.2, 0.25) is 11.7 Å². The Labute approximate surface area is 184 Å². The van der Waals surface area contributed by atoms with Crippen molar-refractivity contribution in [2.24, 2.45) is 23.2 Å². The van der Waals surface area contributed by atoms with Crippen LogP contribution in [0.15, 0.2) is 18.2 Å². The van der Waals surface area contributed by atoms with Gasteiger partial charge in [-0.15, -0.1) is 0 Å². The number of carbonyl (C=O) groups excluding carboxylic acids is 3. The molecule has 1 heterocycles. The maximum atomic E-state index is 13.7. The van der Waals surface area contributed by atoms with Gasteiger partial charge in [0.15, 0.2) is 6.61 Å². The van der Waals surface area contributed by atoms with Crippen LogP contribution in [0.1, 0.15) is 72.9 Å². The number of rotatable bonds is 5. The molecule has 5 nitrogen and oxygen atoms in total. The number of aryl methyl sites for hydroxylation is 2. The highest BCUT2D eigenvalue weighted by molar-refractivity contribution is 5.99. The highest BCUT2D eigenvalue weighted by atomic mass is 16.5. The molecule has 5 aliphatic rings. The van der Waals surface area contributed by atoms with Gasteiger partial charge in [0.1, 0.15) is 6.04 Å². The van der Waals surface area contributed by atoms with Crippen molar-refractivity contribution >= 4 is 17.7 Å². The Bertz CT molecular complexity index is 885. The van der Waals surface area contributed by atoms with E-state index in [0.29, 0.717) is 36.3 Å². The highest BCUT2D eigenvalue weighted by Crippen LogP contribution is 2.60. The average molecular weight is 424 g/mol. The van der Waals surface area contributed by atoms with Gasteiger partial charge in [-0.05, 0) is 88.5 Å². The molecule has 0 N–H and O–H groups in total. The molecule has 4 saturated carbocycles. The van der Waals surface area contributed by atoms with Gasteiger partial charge in [-0.1, -0.05) is 23.8 Å². The van der Waals surface area contributed by atoms with Crippen molar-refractivity contribution in [1.82, 2.24) is 4.90 Å². The Morgan fingerprint density at radius 2 is 1.68 bits per heavy atom. The molecular formula is C26H33NO4. The maximum Gasteiger partial charge on any atom is 0.329 e. The van der Waals surface area contributed by atoms with E-state index in [1.54, 1.807) is 11.0 Å². The number of amides is 1. The van der Waals surface area contributed by atoms with Crippen molar-refractivity contribution in [3.63, 3.8) is 0 Å². The third kappa shape index (κ3) is 3.70. The summed E-state index contributed by atoms with van der Waals surface area (Å²) in [5.74, 6) is 1.65. The minimum atomic E-state index is -0.535. The lowest BCUT2D eigenvalue weighted by molar-refractivity contribution is -0.165. The molecule has 1 amide bonds. The first kappa shape index (κ1) is 20.7. The molecule has 0 unspecified atom stereocenters. The Morgan fingerprint density at radius 1 is 1.03 bits per heavy atom. The molecular weight excluding hydrogens is 390 g/mol. The second-order valence-corrected chi connectivity index (χ2v) is 10.7. The Balaban J connectivity index is 1.24. The first-order chi connectivity index (χ1) is 14.8. The van der Waals surface area contributed by atoms with Crippen LogP contribution in [0.3, 0.4) is 0 Å². The first-order valence-corrected chi connectivity index (χ1v) is 11.9. The van der Waals surface area contributed by atoms with Crippen molar-refractivity contribution in [3.05, 3.63) is 34.9 Å². The van der Waals surface area contributed by atoms with E-state index in [0.717, 1.165) is 36.8 Å². The van der Waals surface area contributed by atoms with Crippen molar-refractivity contribution in [1.29, 1.82) is 0 Å². The molecule has 4 bridgehead atoms. The van der Waals surface area contributed by atoms with Crippen LogP contribution in [0.5, 0.6) is 0 Å². The number of likely N-dealkylation sites (tertiary alicyclic amines) is 1. The quantitative estimate of drug-likeness (QED) is 0.525. The number of benzene rings is 1. The second kappa shape index (κ2) is 7.75. The molecule has 6 rings (SSSR count). The van der Waals surface area contributed by atoms with Crippen molar-refractivity contribution < 1.29 is 19.1 Å². The zero-order valence-corrected chi connectivity index (χ0v) is 18.7. The topological polar surface area (TPSA) is 63.7 Å². The number of ketones is 1. The molecule has 5 fully saturated rings. The Morgan fingerprint density at radius 3 is 2.29 bits per heavy atom. The third-order valence-electron chi connectivity index (χ3n) is 8.31. The molecule has 1 aromatic rings. The van der Waals surface area contributed by atoms with Gasteiger partial charge >= 0.3 is 5.97 Å². The van der Waals surface area contributed by atoms with Crippen LogP contribution in [0.4, 0.5) is 0 Å². The SMILES string of the molecule is Cc1ccc(C(=O)COC(=O)[C@@H]2CCCN2C(=O)C23CC4CC(CC(C4)C2)C3)c(C)c1. The van der Waals surface area contributed by atoms with E-state index in [-0.39, 0.29) is 23.7 Å². The lowest BCUT2D eigenvalue weighted by Crippen LogP contribution is -2.56. The van der Waals surface area contributed by atoms with E-state index in [9.17, 15) is 14.4 Å². The first-order valence-electron chi connectivity index (χ1n) is 11.9. The summed E-state index contributed by atoms with van der Waals surface area (Å²) in [4.78, 5) is 41.0. The zero-order chi connectivity index (χ0) is 21.8. The van der Waals surface area contributed by atoms with Gasteiger partial charge in [-0.25, -0.2) is 4.79 Å². The number of esters is 1. The largest absolute Gasteiger partial charge is 0.456 e. The molecule has 1 saturated heterocycles. The lowest BCUT2D eigenvalue weighted by Gasteiger charge is -2.56. The van der Waals surface area contributed by atoms with Crippen molar-refractivity contribution in [2.45, 2.75) is 71.3 Å². The molecule has 1 atom stereocenters. The Hall–Kier alpha value is -2.17. The monoisotopic (exact) mass is 423 g/mol. The fraction of sp³-hybridized carbons (Fsp3) is 0.654. The maximum absolute atomic E-state index is 13.7. The van der Waals surface area contributed by atoms with Crippen molar-refractivity contribution in [3.8, 4) is 0 Å². The third-order valence-corrected chi connectivity index (χ3v) is 8.31. The van der Waals surface area contributed by atoms with Gasteiger partial charge in [-0.2, -0.15) is 0 Å². The predicted octanol–water partition coefficient (Wildman–Crippen LogP) is 4.24. The fourth-order valence-corrected chi connectivity index (χ4v) is 7.37. The predicted molar refractivity (Wildman–Crippen MR) is 117 cm³/mol. The van der Waals surface area contributed by atoms with Crippen LogP contribution in [0.25, 0.3) is 0 Å². The van der Waals surface area contributed by atoms with Crippen LogP contribution in [0.2, 0.25) is 0 Å². The van der Waals surface area contributed by atoms with Crippen LogP contribution in [-0.2, 0) is 14.3 Å². The number of hydrogen-bond acceptors (Lipinski definition) is 4. The van der Waals surface area contributed by atoms with E-state index in [4.69, 9.17) is 4.74 Å². The minimum absolute atomic E-state index is 0.187. The van der Waals surface area contributed by atoms with Crippen LogP contribution in [0, 0.1) is 37.0 Å². The molecule has 31 heavy (non-hydrogen) atoms. The van der Waals surface area contributed by atoms with Gasteiger partial charge in [0.25, 0.3) is 0 Å². The fourth-order valence-electron chi connectivity index (χ4n) is 7.37. The van der Waals surface area contributed by atoms with E-state index in [1.807, 2.05) is 26.0 Å². The summed E-state index contributed by atoms with van der Waals surface area (Å²) in [5, 5.41) is 0. The molecule has 1 aliphatic heterocycles. The molecule has 0 radical (unpaired) electrons. The molecule has 5 heteroatoms. The van der Waals surface area contributed by atoms with Gasteiger partial charge < -0.3 is 9.64 Å². The van der Waals surface area contributed by atoms with E-state index >= 15 is 0 Å². The minimum Gasteiger partial charge on any atom is -0.456 e. The average Bonchev–Trinajstić information content (AvgIpc) is 3.20. The van der Waals surface area contributed by atoms with Crippen LogP contribution in [-0.4, -0.2) is 41.8 Å². The zero-order valence-electron chi connectivity index (χ0n) is 18.7. The number of nitrogens with zero attached hydrogens (tertiary/aromatic N) is 1. The normalized spacial score (nSPS) is 33.5. The molecule has 4 aliphatic carbocycles. The van der Waals surface area contributed by atoms with Crippen LogP contribution >= 0.6 is 0 Å². The summed E-state index contributed by atoms with van der Waals surface area (Å²) in [6.07, 6.45) is 8.33. The molecule has 166 valence electrons. The summed E-state index contributed by atoms with van der Waals surface area (Å²) in [7, 11) is 0. The number of Topliss-reactive ketones (excluding diaryl/α,β-unsaturated/α-hetero) is 1. The van der Waals surface area contributed by atoms with Gasteiger partial charge in [-0.3, -0.25) is 9.59 Å². The summed E-state index contributed by atoms with van der Waals surface area (Å²) in [6, 6.07) is 5.11. The van der Waals surface area contributed by atoms with Crippen LogP contribution < -0.4 is 0 Å².